The largest absolute Gasteiger partial charge is 0.465 e. The number of nitrogens with two attached hydrogens (primary N) is 1. The third kappa shape index (κ3) is 2.48. The van der Waals surface area contributed by atoms with Gasteiger partial charge in [0, 0.05) is 6.54 Å². The summed E-state index contributed by atoms with van der Waals surface area (Å²) in [5.74, 6) is 0. The van der Waals surface area contributed by atoms with Crippen molar-refractivity contribution in [2.45, 2.75) is 18.5 Å². The second-order valence-electron chi connectivity index (χ2n) is 4.43. The third-order valence-corrected chi connectivity index (χ3v) is 3.20. The number of benzene rings is 1. The lowest BCUT2D eigenvalue weighted by Crippen LogP contribution is -2.36. The van der Waals surface area contributed by atoms with E-state index in [-0.39, 0.29) is 18.7 Å². The summed E-state index contributed by atoms with van der Waals surface area (Å²) >= 11 is 0. The molecule has 1 aromatic carbocycles. The number of aliphatic hydroxyl groups is 1. The lowest BCUT2D eigenvalue weighted by atomic mass is 10.2. The van der Waals surface area contributed by atoms with E-state index < -0.39 is 6.09 Å². The number of para-hydroxylation sites is 2. The SMILES string of the molecule is Nc1ccccc1N1C[C@@H](NC(=O)O)C[C@H]1CO. The van der Waals surface area contributed by atoms with Crippen molar-refractivity contribution in [2.24, 2.45) is 0 Å². The highest BCUT2D eigenvalue weighted by Crippen LogP contribution is 2.30. The molecule has 0 unspecified atom stereocenters. The van der Waals surface area contributed by atoms with Crippen LogP contribution in [0.25, 0.3) is 0 Å². The monoisotopic (exact) mass is 251 g/mol. The van der Waals surface area contributed by atoms with E-state index in [2.05, 4.69) is 5.32 Å². The second kappa shape index (κ2) is 5.14. The maximum atomic E-state index is 10.6. The molecule has 18 heavy (non-hydrogen) atoms. The zero-order valence-electron chi connectivity index (χ0n) is 9.91. The lowest BCUT2D eigenvalue weighted by Gasteiger charge is -2.26. The van der Waals surface area contributed by atoms with Crippen molar-refractivity contribution in [2.75, 3.05) is 23.8 Å². The van der Waals surface area contributed by atoms with Crippen LogP contribution in [0.5, 0.6) is 0 Å². The minimum absolute atomic E-state index is 0.0217. The van der Waals surface area contributed by atoms with Crippen LogP contribution in [0.15, 0.2) is 24.3 Å². The number of carboxylic acid groups (broad SMARTS) is 1. The Labute approximate surface area is 105 Å². The van der Waals surface area contributed by atoms with Crippen LogP contribution >= 0.6 is 0 Å². The highest BCUT2D eigenvalue weighted by Gasteiger charge is 2.33. The molecule has 0 aliphatic carbocycles. The predicted octanol–water partition coefficient (Wildman–Crippen LogP) is 0.476. The Hall–Kier alpha value is -1.95. The zero-order valence-corrected chi connectivity index (χ0v) is 9.91. The molecule has 6 nitrogen and oxygen atoms in total. The van der Waals surface area contributed by atoms with Gasteiger partial charge in [-0.05, 0) is 18.6 Å². The van der Waals surface area contributed by atoms with Gasteiger partial charge in [-0.1, -0.05) is 12.1 Å². The maximum Gasteiger partial charge on any atom is 0.404 e. The van der Waals surface area contributed by atoms with Crippen LogP contribution in [0.1, 0.15) is 6.42 Å². The summed E-state index contributed by atoms with van der Waals surface area (Å²) < 4.78 is 0. The quantitative estimate of drug-likeness (QED) is 0.585. The van der Waals surface area contributed by atoms with Crippen molar-refractivity contribution >= 4 is 17.5 Å². The van der Waals surface area contributed by atoms with Crippen LogP contribution in [0.4, 0.5) is 16.2 Å². The topological polar surface area (TPSA) is 98.8 Å². The molecule has 1 amide bonds. The summed E-state index contributed by atoms with van der Waals surface area (Å²) in [6.45, 7) is 0.498. The minimum atomic E-state index is -1.04. The molecule has 0 spiro atoms. The number of nitrogens with one attached hydrogen (secondary N) is 1. The molecule has 0 saturated carbocycles. The molecule has 1 aliphatic heterocycles. The molecule has 0 radical (unpaired) electrons. The zero-order chi connectivity index (χ0) is 13.1. The summed E-state index contributed by atoms with van der Waals surface area (Å²) in [5, 5.41) is 20.6. The van der Waals surface area contributed by atoms with Gasteiger partial charge in [0.05, 0.1) is 30.1 Å². The van der Waals surface area contributed by atoms with E-state index in [1.165, 1.54) is 0 Å². The molecular weight excluding hydrogens is 234 g/mol. The third-order valence-electron chi connectivity index (χ3n) is 3.20. The molecule has 1 aliphatic rings. The van der Waals surface area contributed by atoms with Gasteiger partial charge in [-0.2, -0.15) is 0 Å². The Balaban J connectivity index is 2.17. The van der Waals surface area contributed by atoms with E-state index in [4.69, 9.17) is 10.8 Å². The summed E-state index contributed by atoms with van der Waals surface area (Å²) in [4.78, 5) is 12.6. The average Bonchev–Trinajstić information content (AvgIpc) is 2.71. The molecule has 5 N–H and O–H groups in total. The molecule has 6 heteroatoms. The fourth-order valence-corrected chi connectivity index (χ4v) is 2.41. The molecular formula is C12H17N3O3. The first-order valence-corrected chi connectivity index (χ1v) is 5.83. The van der Waals surface area contributed by atoms with Crippen molar-refractivity contribution in [3.63, 3.8) is 0 Å². The number of rotatable bonds is 3. The van der Waals surface area contributed by atoms with Gasteiger partial charge >= 0.3 is 6.09 Å². The van der Waals surface area contributed by atoms with Crippen molar-refractivity contribution in [3.05, 3.63) is 24.3 Å². The van der Waals surface area contributed by atoms with Gasteiger partial charge in [0.25, 0.3) is 0 Å². The lowest BCUT2D eigenvalue weighted by molar-refractivity contribution is 0.190. The first kappa shape index (κ1) is 12.5. The molecule has 2 rings (SSSR count). The van der Waals surface area contributed by atoms with Gasteiger partial charge in [-0.3, -0.25) is 0 Å². The average molecular weight is 251 g/mol. The summed E-state index contributed by atoms with van der Waals surface area (Å²) in [6.07, 6.45) is -0.462. The fourth-order valence-electron chi connectivity index (χ4n) is 2.41. The van der Waals surface area contributed by atoms with Crippen LogP contribution in [0.2, 0.25) is 0 Å². The van der Waals surface area contributed by atoms with Crippen LogP contribution in [0, 0.1) is 0 Å². The first-order valence-electron chi connectivity index (χ1n) is 5.83. The second-order valence-corrected chi connectivity index (χ2v) is 4.43. The van der Waals surface area contributed by atoms with Crippen molar-refractivity contribution in [1.29, 1.82) is 0 Å². The number of amides is 1. The van der Waals surface area contributed by atoms with Gasteiger partial charge in [0.1, 0.15) is 0 Å². The summed E-state index contributed by atoms with van der Waals surface area (Å²) in [7, 11) is 0. The Kier molecular flexibility index (Phi) is 3.57. The normalized spacial score (nSPS) is 23.1. The van der Waals surface area contributed by atoms with E-state index in [1.807, 2.05) is 23.1 Å². The van der Waals surface area contributed by atoms with Crippen LogP contribution in [-0.2, 0) is 0 Å². The van der Waals surface area contributed by atoms with Gasteiger partial charge in [0.15, 0.2) is 0 Å². The van der Waals surface area contributed by atoms with Gasteiger partial charge in [0.2, 0.25) is 0 Å². The van der Waals surface area contributed by atoms with E-state index in [1.54, 1.807) is 6.07 Å². The number of aliphatic hydroxyl groups excluding tert-OH is 1. The number of anilines is 2. The Morgan fingerprint density at radius 1 is 1.50 bits per heavy atom. The fraction of sp³-hybridized carbons (Fsp3) is 0.417. The van der Waals surface area contributed by atoms with Crippen molar-refractivity contribution in [1.82, 2.24) is 5.32 Å². The standard InChI is InChI=1S/C12H17N3O3/c13-10-3-1-2-4-11(10)15-6-8(14-12(17)18)5-9(15)7-16/h1-4,8-9,14,16H,5-7,13H2,(H,17,18)/t8-,9-/m0/s1. The maximum absolute atomic E-state index is 10.6. The summed E-state index contributed by atoms with van der Waals surface area (Å²) in [5.41, 5.74) is 7.37. The molecule has 0 bridgehead atoms. The number of nitrogen functional groups attached to an aromatic ring is 1. The van der Waals surface area contributed by atoms with E-state index in [9.17, 15) is 9.90 Å². The van der Waals surface area contributed by atoms with E-state index >= 15 is 0 Å². The van der Waals surface area contributed by atoms with Gasteiger partial charge in [-0.15, -0.1) is 0 Å². The van der Waals surface area contributed by atoms with Gasteiger partial charge < -0.3 is 26.2 Å². The van der Waals surface area contributed by atoms with Crippen LogP contribution in [-0.4, -0.2) is 41.5 Å². The molecule has 1 saturated heterocycles. The molecule has 0 aromatic heterocycles. The van der Waals surface area contributed by atoms with Crippen molar-refractivity contribution < 1.29 is 15.0 Å². The Morgan fingerprint density at radius 2 is 2.22 bits per heavy atom. The molecule has 98 valence electrons. The van der Waals surface area contributed by atoms with Crippen LogP contribution in [0.3, 0.4) is 0 Å². The highest BCUT2D eigenvalue weighted by atomic mass is 16.4. The minimum Gasteiger partial charge on any atom is -0.465 e. The highest BCUT2D eigenvalue weighted by molar-refractivity contribution is 5.69. The van der Waals surface area contributed by atoms with Gasteiger partial charge in [-0.25, -0.2) is 4.79 Å². The molecule has 2 atom stereocenters. The van der Waals surface area contributed by atoms with Crippen LogP contribution < -0.4 is 16.0 Å². The number of hydrogen-bond acceptors (Lipinski definition) is 4. The van der Waals surface area contributed by atoms with E-state index in [0.29, 0.717) is 18.7 Å². The summed E-state index contributed by atoms with van der Waals surface area (Å²) in [6, 6.07) is 7.10. The molecule has 1 heterocycles. The number of hydrogen-bond donors (Lipinski definition) is 4. The molecule has 1 fully saturated rings. The number of nitrogens with zero attached hydrogens (tertiary/aromatic N) is 1. The molecule has 1 aromatic rings. The number of carbonyl (C=O) groups is 1. The first-order chi connectivity index (χ1) is 8.61. The Bertz CT molecular complexity index is 438. The predicted molar refractivity (Wildman–Crippen MR) is 68.6 cm³/mol. The van der Waals surface area contributed by atoms with E-state index in [0.717, 1.165) is 5.69 Å². The smallest absolute Gasteiger partial charge is 0.404 e. The Morgan fingerprint density at radius 3 is 2.83 bits per heavy atom. The van der Waals surface area contributed by atoms with Crippen molar-refractivity contribution in [3.8, 4) is 0 Å².